The van der Waals surface area contributed by atoms with Crippen LogP contribution in [0.1, 0.15) is 11.1 Å². The highest BCUT2D eigenvalue weighted by atomic mass is 15.1. The minimum absolute atomic E-state index is 0.326. The molecule has 4 heteroatoms. The summed E-state index contributed by atoms with van der Waals surface area (Å²) in [6.07, 6.45) is 0. The Morgan fingerprint density at radius 3 is 1.04 bits per heavy atom. The molecule has 8 aromatic carbocycles. The zero-order valence-electron chi connectivity index (χ0n) is 28.3. The zero-order chi connectivity index (χ0) is 35.3. The third kappa shape index (κ3) is 6.03. The van der Waals surface area contributed by atoms with E-state index in [0.29, 0.717) is 22.3 Å². The summed E-state index contributed by atoms with van der Waals surface area (Å²) in [5, 5.41) is 25.5. The number of rotatable bonds is 8. The molecule has 244 valence electrons. The summed E-state index contributed by atoms with van der Waals surface area (Å²) < 4.78 is 0. The highest BCUT2D eigenvalue weighted by Crippen LogP contribution is 2.41. The Kier molecular flexibility index (Phi) is 8.71. The molecule has 0 amide bonds. The third-order valence-electron chi connectivity index (χ3n) is 9.35. The molecule has 0 fully saturated rings. The number of benzene rings is 8. The van der Waals surface area contributed by atoms with Crippen LogP contribution in [0.3, 0.4) is 0 Å². The second-order valence-corrected chi connectivity index (χ2v) is 12.4. The zero-order valence-corrected chi connectivity index (χ0v) is 28.3. The fourth-order valence-electron chi connectivity index (χ4n) is 6.90. The van der Waals surface area contributed by atoms with Gasteiger partial charge in [0.25, 0.3) is 0 Å². The van der Waals surface area contributed by atoms with Gasteiger partial charge in [-0.1, -0.05) is 133 Å². The van der Waals surface area contributed by atoms with Gasteiger partial charge in [-0.15, -0.1) is 0 Å². The SMILES string of the molecule is N#C/C(=C(/C#N)c1ccc(N(c2ccccc2)c2cccc3ccccc23)cc1)c1ccc(N(c2ccccc2)c2cccc3ccccc23)cc1. The summed E-state index contributed by atoms with van der Waals surface area (Å²) in [7, 11) is 0. The Bertz CT molecular complexity index is 2430. The Morgan fingerprint density at radius 2 is 0.654 bits per heavy atom. The first kappa shape index (κ1) is 31.8. The largest absolute Gasteiger partial charge is 0.310 e. The van der Waals surface area contributed by atoms with Crippen molar-refractivity contribution in [1.29, 1.82) is 10.5 Å². The molecule has 0 unspecified atom stereocenters. The summed E-state index contributed by atoms with van der Waals surface area (Å²) in [6, 6.07) is 70.3. The van der Waals surface area contributed by atoms with E-state index in [1.807, 2.05) is 97.1 Å². The lowest BCUT2D eigenvalue weighted by Crippen LogP contribution is -2.10. The molecule has 0 aromatic heterocycles. The van der Waals surface area contributed by atoms with E-state index in [-0.39, 0.29) is 0 Å². The van der Waals surface area contributed by atoms with Crippen molar-refractivity contribution in [2.75, 3.05) is 9.80 Å². The van der Waals surface area contributed by atoms with Crippen molar-refractivity contribution in [2.45, 2.75) is 0 Å². The first-order chi connectivity index (χ1) is 25.7. The van der Waals surface area contributed by atoms with Crippen LogP contribution in [0.5, 0.6) is 0 Å². The number of hydrogen-bond donors (Lipinski definition) is 0. The van der Waals surface area contributed by atoms with Crippen LogP contribution in [0.4, 0.5) is 34.1 Å². The molecule has 0 aliphatic carbocycles. The highest BCUT2D eigenvalue weighted by Gasteiger charge is 2.19. The first-order valence-corrected chi connectivity index (χ1v) is 17.1. The van der Waals surface area contributed by atoms with Crippen molar-refractivity contribution in [3.8, 4) is 12.1 Å². The van der Waals surface area contributed by atoms with Crippen molar-refractivity contribution in [2.24, 2.45) is 0 Å². The van der Waals surface area contributed by atoms with E-state index in [1.165, 1.54) is 0 Å². The normalized spacial score (nSPS) is 11.3. The summed E-state index contributed by atoms with van der Waals surface area (Å²) in [6.45, 7) is 0. The van der Waals surface area contributed by atoms with Crippen LogP contribution >= 0.6 is 0 Å². The number of fused-ring (bicyclic) bond motifs is 2. The lowest BCUT2D eigenvalue weighted by Gasteiger charge is -2.27. The minimum atomic E-state index is 0.326. The minimum Gasteiger partial charge on any atom is -0.310 e. The van der Waals surface area contributed by atoms with Gasteiger partial charge >= 0.3 is 0 Å². The fourth-order valence-corrected chi connectivity index (χ4v) is 6.90. The molecule has 0 radical (unpaired) electrons. The van der Waals surface area contributed by atoms with Crippen molar-refractivity contribution in [1.82, 2.24) is 0 Å². The van der Waals surface area contributed by atoms with Crippen molar-refractivity contribution in [3.63, 3.8) is 0 Å². The average Bonchev–Trinajstić information content (AvgIpc) is 3.22. The molecular weight excluding hydrogens is 633 g/mol. The van der Waals surface area contributed by atoms with Crippen molar-refractivity contribution >= 4 is 66.8 Å². The molecule has 8 rings (SSSR count). The lowest BCUT2D eigenvalue weighted by atomic mass is 9.95. The molecule has 0 bridgehead atoms. The first-order valence-electron chi connectivity index (χ1n) is 17.1. The Hall–Kier alpha value is -7.40. The Morgan fingerprint density at radius 1 is 0.327 bits per heavy atom. The highest BCUT2D eigenvalue weighted by molar-refractivity contribution is 6.04. The molecule has 52 heavy (non-hydrogen) atoms. The smallest absolute Gasteiger partial charge is 0.101 e. The van der Waals surface area contributed by atoms with Gasteiger partial charge in [0.2, 0.25) is 0 Å². The summed E-state index contributed by atoms with van der Waals surface area (Å²) in [5.74, 6) is 0. The van der Waals surface area contributed by atoms with E-state index in [2.05, 4.69) is 119 Å². The van der Waals surface area contributed by atoms with E-state index in [4.69, 9.17) is 0 Å². The maximum absolute atomic E-state index is 10.5. The van der Waals surface area contributed by atoms with E-state index in [1.54, 1.807) is 0 Å². The number of nitriles is 2. The van der Waals surface area contributed by atoms with Gasteiger partial charge in [0, 0.05) is 33.5 Å². The second kappa shape index (κ2) is 14.2. The van der Waals surface area contributed by atoms with E-state index in [0.717, 1.165) is 55.7 Å². The number of hydrogen-bond acceptors (Lipinski definition) is 4. The molecule has 0 aliphatic heterocycles. The number of anilines is 6. The van der Waals surface area contributed by atoms with Crippen LogP contribution in [0, 0.1) is 22.7 Å². The van der Waals surface area contributed by atoms with E-state index < -0.39 is 0 Å². The molecule has 0 atom stereocenters. The van der Waals surface area contributed by atoms with Crippen LogP contribution in [0.15, 0.2) is 194 Å². The van der Waals surface area contributed by atoms with Gasteiger partial charge in [-0.3, -0.25) is 0 Å². The maximum Gasteiger partial charge on any atom is 0.101 e. The average molecular weight is 665 g/mol. The Labute approximate surface area is 303 Å². The fraction of sp³-hybridized carbons (Fsp3) is 0. The van der Waals surface area contributed by atoms with E-state index >= 15 is 0 Å². The van der Waals surface area contributed by atoms with Crippen LogP contribution < -0.4 is 9.80 Å². The van der Waals surface area contributed by atoms with Gasteiger partial charge in [0.05, 0.1) is 22.5 Å². The molecule has 0 spiro atoms. The van der Waals surface area contributed by atoms with Gasteiger partial charge in [0.1, 0.15) is 12.1 Å². The number of nitrogens with zero attached hydrogens (tertiary/aromatic N) is 4. The van der Waals surface area contributed by atoms with Crippen LogP contribution in [-0.4, -0.2) is 0 Å². The van der Waals surface area contributed by atoms with Crippen LogP contribution in [0.25, 0.3) is 32.7 Å². The number of allylic oxidation sites excluding steroid dienone is 2. The third-order valence-corrected chi connectivity index (χ3v) is 9.35. The molecule has 0 heterocycles. The molecule has 4 nitrogen and oxygen atoms in total. The maximum atomic E-state index is 10.5. The molecular formula is C48H32N4. The molecule has 8 aromatic rings. The lowest BCUT2D eigenvalue weighted by molar-refractivity contribution is 1.29. The van der Waals surface area contributed by atoms with Crippen LogP contribution in [0.2, 0.25) is 0 Å². The standard InChI is InChI=1S/C48H32N4/c49-33-45(37-25-29-41(30-26-37)51(39-17-3-1-4-18-39)47-23-11-15-35-13-7-9-21-43(35)47)46(34-50)38-27-31-42(32-28-38)52(40-19-5-2-6-20-40)48-24-12-16-36-14-8-10-22-44(36)48/h1-32H/b46-45+. The predicted octanol–water partition coefficient (Wildman–Crippen LogP) is 12.9. The Balaban J connectivity index is 1.17. The van der Waals surface area contributed by atoms with Gasteiger partial charge in [-0.2, -0.15) is 10.5 Å². The second-order valence-electron chi connectivity index (χ2n) is 12.4. The summed E-state index contributed by atoms with van der Waals surface area (Å²) in [5.41, 5.74) is 8.06. The topological polar surface area (TPSA) is 54.1 Å². The van der Waals surface area contributed by atoms with Crippen molar-refractivity contribution in [3.05, 3.63) is 205 Å². The molecule has 0 saturated heterocycles. The van der Waals surface area contributed by atoms with Gasteiger partial charge < -0.3 is 9.80 Å². The monoisotopic (exact) mass is 664 g/mol. The molecule has 0 N–H and O–H groups in total. The molecule has 0 saturated carbocycles. The van der Waals surface area contributed by atoms with Gasteiger partial charge in [0.15, 0.2) is 0 Å². The number of para-hydroxylation sites is 2. The van der Waals surface area contributed by atoms with Gasteiger partial charge in [-0.25, -0.2) is 0 Å². The predicted molar refractivity (Wildman–Crippen MR) is 215 cm³/mol. The summed E-state index contributed by atoms with van der Waals surface area (Å²) >= 11 is 0. The van der Waals surface area contributed by atoms with E-state index in [9.17, 15) is 10.5 Å². The quantitative estimate of drug-likeness (QED) is 0.120. The van der Waals surface area contributed by atoms with Crippen molar-refractivity contribution < 1.29 is 0 Å². The van der Waals surface area contributed by atoms with Gasteiger partial charge in [-0.05, 0) is 82.6 Å². The van der Waals surface area contributed by atoms with Crippen LogP contribution in [-0.2, 0) is 0 Å². The summed E-state index contributed by atoms with van der Waals surface area (Å²) in [4.78, 5) is 4.44. The molecule has 0 aliphatic rings.